The molecule has 1 aromatic carbocycles. The molecule has 2 amide bonds. The van der Waals surface area contributed by atoms with Gasteiger partial charge < -0.3 is 10.2 Å². The summed E-state index contributed by atoms with van der Waals surface area (Å²) in [5.74, 6) is -0.204. The molecule has 0 radical (unpaired) electrons. The van der Waals surface area contributed by atoms with Crippen molar-refractivity contribution in [1.29, 1.82) is 0 Å². The second kappa shape index (κ2) is 12.6. The first-order chi connectivity index (χ1) is 14.0. The molecule has 0 aliphatic rings. The van der Waals surface area contributed by atoms with E-state index in [9.17, 15) is 14.0 Å². The lowest BCUT2D eigenvalue weighted by Gasteiger charge is -2.22. The van der Waals surface area contributed by atoms with Gasteiger partial charge >= 0.3 is 0 Å². The number of thiazole rings is 1. The van der Waals surface area contributed by atoms with Crippen LogP contribution in [0.2, 0.25) is 0 Å². The Kier molecular flexibility index (Phi) is 10.1. The molecule has 0 aliphatic carbocycles. The molecule has 0 spiro atoms. The maximum atomic E-state index is 12.9. The average Bonchev–Trinajstić information content (AvgIpc) is 3.15. The van der Waals surface area contributed by atoms with E-state index in [2.05, 4.69) is 24.1 Å². The summed E-state index contributed by atoms with van der Waals surface area (Å²) in [5, 5.41) is 4.61. The van der Waals surface area contributed by atoms with Crippen molar-refractivity contribution in [3.63, 3.8) is 0 Å². The van der Waals surface area contributed by atoms with Gasteiger partial charge in [-0.1, -0.05) is 38.5 Å². The van der Waals surface area contributed by atoms with Crippen molar-refractivity contribution in [2.24, 2.45) is 0 Å². The van der Waals surface area contributed by atoms with E-state index in [1.54, 1.807) is 0 Å². The van der Waals surface area contributed by atoms with Gasteiger partial charge in [0.05, 0.1) is 17.9 Å². The highest BCUT2D eigenvalue weighted by Crippen LogP contribution is 2.23. The third-order valence-electron chi connectivity index (χ3n) is 4.23. The number of rotatable bonds is 12. The minimum atomic E-state index is -0.342. The summed E-state index contributed by atoms with van der Waals surface area (Å²) in [6, 6.07) is 5.65. The van der Waals surface area contributed by atoms with Gasteiger partial charge in [-0.2, -0.15) is 0 Å². The lowest BCUT2D eigenvalue weighted by atomic mass is 10.2. The number of anilines is 1. The summed E-state index contributed by atoms with van der Waals surface area (Å²) in [7, 11) is 0. The van der Waals surface area contributed by atoms with Crippen molar-refractivity contribution in [3.8, 4) is 0 Å². The molecular formula is C21H28FN3O2S2. The number of hydrogen-bond donors (Lipinski definition) is 1. The fourth-order valence-electron chi connectivity index (χ4n) is 2.62. The number of unbranched alkanes of at least 4 members (excludes halogenated alkanes) is 2. The Bertz CT molecular complexity index is 772. The molecule has 2 aromatic rings. The molecule has 158 valence electrons. The molecule has 0 saturated carbocycles. The van der Waals surface area contributed by atoms with Gasteiger partial charge in [0.1, 0.15) is 5.82 Å². The number of aromatic nitrogens is 1. The third-order valence-corrected chi connectivity index (χ3v) is 6.30. The number of amides is 2. The van der Waals surface area contributed by atoms with E-state index in [0.29, 0.717) is 12.1 Å². The van der Waals surface area contributed by atoms with Crippen LogP contribution in [-0.4, -0.2) is 40.5 Å². The van der Waals surface area contributed by atoms with Crippen molar-refractivity contribution in [3.05, 3.63) is 41.2 Å². The SMILES string of the molecule is CCCCN(CCCC)C(=O)Cc1csc(SCC(=O)Nc2ccc(F)cc2)n1. The molecule has 1 aromatic heterocycles. The smallest absolute Gasteiger partial charge is 0.234 e. The van der Waals surface area contributed by atoms with E-state index in [-0.39, 0.29) is 23.4 Å². The number of nitrogens with zero attached hydrogens (tertiary/aromatic N) is 2. The number of halogens is 1. The van der Waals surface area contributed by atoms with Gasteiger partial charge in [0.2, 0.25) is 11.8 Å². The van der Waals surface area contributed by atoms with E-state index in [0.717, 1.165) is 48.8 Å². The minimum absolute atomic E-state index is 0.114. The van der Waals surface area contributed by atoms with Gasteiger partial charge in [-0.25, -0.2) is 9.37 Å². The molecule has 8 heteroatoms. The van der Waals surface area contributed by atoms with Crippen molar-refractivity contribution in [1.82, 2.24) is 9.88 Å². The van der Waals surface area contributed by atoms with Crippen LogP contribution in [0, 0.1) is 5.82 Å². The monoisotopic (exact) mass is 437 g/mol. The molecule has 0 fully saturated rings. The van der Waals surface area contributed by atoms with Crippen LogP contribution in [0.25, 0.3) is 0 Å². The molecule has 1 heterocycles. The molecule has 2 rings (SSSR count). The molecule has 0 atom stereocenters. The molecular weight excluding hydrogens is 409 g/mol. The first-order valence-electron chi connectivity index (χ1n) is 9.92. The lowest BCUT2D eigenvalue weighted by molar-refractivity contribution is -0.130. The fraction of sp³-hybridized carbons (Fsp3) is 0.476. The molecule has 1 N–H and O–H groups in total. The highest BCUT2D eigenvalue weighted by molar-refractivity contribution is 8.01. The summed E-state index contributed by atoms with van der Waals surface area (Å²) in [5.41, 5.74) is 1.31. The quantitative estimate of drug-likeness (QED) is 0.476. The third kappa shape index (κ3) is 8.53. The largest absolute Gasteiger partial charge is 0.342 e. The summed E-state index contributed by atoms with van der Waals surface area (Å²) in [6.07, 6.45) is 4.45. The maximum absolute atomic E-state index is 12.9. The van der Waals surface area contributed by atoms with Crippen LogP contribution in [0.4, 0.5) is 10.1 Å². The van der Waals surface area contributed by atoms with Crippen LogP contribution >= 0.6 is 23.1 Å². The number of benzene rings is 1. The van der Waals surface area contributed by atoms with Gasteiger partial charge in [0, 0.05) is 24.2 Å². The second-order valence-corrected chi connectivity index (χ2v) is 8.79. The molecule has 5 nitrogen and oxygen atoms in total. The second-order valence-electron chi connectivity index (χ2n) is 6.71. The van der Waals surface area contributed by atoms with E-state index in [1.165, 1.54) is 47.4 Å². The topological polar surface area (TPSA) is 62.3 Å². The molecule has 0 bridgehead atoms. The van der Waals surface area contributed by atoms with E-state index >= 15 is 0 Å². The number of thioether (sulfide) groups is 1. The Balaban J connectivity index is 1.82. The predicted molar refractivity (Wildman–Crippen MR) is 118 cm³/mol. The van der Waals surface area contributed by atoms with E-state index in [4.69, 9.17) is 0 Å². The van der Waals surface area contributed by atoms with Gasteiger partial charge in [-0.15, -0.1) is 11.3 Å². The zero-order chi connectivity index (χ0) is 21.1. The summed E-state index contributed by atoms with van der Waals surface area (Å²) >= 11 is 2.77. The van der Waals surface area contributed by atoms with Crippen LogP contribution in [-0.2, 0) is 16.0 Å². The molecule has 0 saturated heterocycles. The van der Waals surface area contributed by atoms with Crippen molar-refractivity contribution in [2.75, 3.05) is 24.2 Å². The number of hydrogen-bond acceptors (Lipinski definition) is 5. The lowest BCUT2D eigenvalue weighted by Crippen LogP contribution is -2.34. The van der Waals surface area contributed by atoms with Crippen molar-refractivity contribution >= 4 is 40.6 Å². The van der Waals surface area contributed by atoms with Crippen molar-refractivity contribution in [2.45, 2.75) is 50.3 Å². The summed E-state index contributed by atoms with van der Waals surface area (Å²) in [6.45, 7) is 5.84. The zero-order valence-electron chi connectivity index (χ0n) is 16.9. The Morgan fingerprint density at radius 2 is 1.79 bits per heavy atom. The van der Waals surface area contributed by atoms with Crippen LogP contribution in [0.5, 0.6) is 0 Å². The maximum Gasteiger partial charge on any atom is 0.234 e. The predicted octanol–water partition coefficient (Wildman–Crippen LogP) is 4.98. The Morgan fingerprint density at radius 1 is 1.14 bits per heavy atom. The van der Waals surface area contributed by atoms with Crippen LogP contribution in [0.1, 0.15) is 45.2 Å². The van der Waals surface area contributed by atoms with Gasteiger partial charge in [-0.3, -0.25) is 9.59 Å². The fourth-order valence-corrected chi connectivity index (χ4v) is 4.26. The van der Waals surface area contributed by atoms with Crippen LogP contribution < -0.4 is 5.32 Å². The normalized spacial score (nSPS) is 10.7. The Labute approximate surface area is 180 Å². The van der Waals surface area contributed by atoms with Gasteiger partial charge in [0.15, 0.2) is 4.34 Å². The molecule has 0 unspecified atom stereocenters. The standard InChI is InChI=1S/C21H28FN3O2S2/c1-3-5-11-25(12-6-4-2)20(27)13-18-14-28-21(24-18)29-15-19(26)23-17-9-7-16(22)8-10-17/h7-10,14H,3-6,11-13,15H2,1-2H3,(H,23,26). The summed E-state index contributed by atoms with van der Waals surface area (Å²) in [4.78, 5) is 31.1. The van der Waals surface area contributed by atoms with Crippen molar-refractivity contribution < 1.29 is 14.0 Å². The average molecular weight is 438 g/mol. The van der Waals surface area contributed by atoms with E-state index < -0.39 is 0 Å². The number of nitrogens with one attached hydrogen (secondary N) is 1. The highest BCUT2D eigenvalue weighted by Gasteiger charge is 2.15. The first kappa shape index (κ1) is 23.3. The highest BCUT2D eigenvalue weighted by atomic mass is 32.2. The molecule has 0 aliphatic heterocycles. The number of carbonyl (C=O) groups is 2. The van der Waals surface area contributed by atoms with Gasteiger partial charge in [-0.05, 0) is 37.1 Å². The Hall–Kier alpha value is -1.93. The summed E-state index contributed by atoms with van der Waals surface area (Å²) < 4.78 is 13.7. The Morgan fingerprint density at radius 3 is 2.41 bits per heavy atom. The van der Waals surface area contributed by atoms with Gasteiger partial charge in [0.25, 0.3) is 0 Å². The number of carbonyl (C=O) groups excluding carboxylic acids is 2. The van der Waals surface area contributed by atoms with Crippen LogP contribution in [0.15, 0.2) is 34.0 Å². The van der Waals surface area contributed by atoms with E-state index in [1.807, 2.05) is 10.3 Å². The first-order valence-corrected chi connectivity index (χ1v) is 11.8. The van der Waals surface area contributed by atoms with Crippen LogP contribution in [0.3, 0.4) is 0 Å². The molecule has 29 heavy (non-hydrogen) atoms. The zero-order valence-corrected chi connectivity index (χ0v) is 18.6. The minimum Gasteiger partial charge on any atom is -0.342 e.